The molecule has 0 aromatic carbocycles. The predicted octanol–water partition coefficient (Wildman–Crippen LogP) is 1.58. The van der Waals surface area contributed by atoms with Crippen molar-refractivity contribution in [2.45, 2.75) is 6.54 Å². The molecule has 0 aliphatic heterocycles. The molecule has 0 spiro atoms. The Kier molecular flexibility index (Phi) is 4.97. The normalized spacial score (nSPS) is 10.3. The molecular weight excluding hydrogens is 232 g/mol. The summed E-state index contributed by atoms with van der Waals surface area (Å²) in [5.41, 5.74) is 1.04. The summed E-state index contributed by atoms with van der Waals surface area (Å²) in [6.45, 7) is 2.38. The molecule has 1 aromatic heterocycles. The molecule has 0 aliphatic carbocycles. The van der Waals surface area contributed by atoms with E-state index < -0.39 is 0 Å². The molecule has 0 bridgehead atoms. The molecular formula is C9H13BrN2O. The van der Waals surface area contributed by atoms with Crippen molar-refractivity contribution < 1.29 is 4.74 Å². The highest BCUT2D eigenvalue weighted by atomic mass is 79.9. The Labute approximate surface area is 86.6 Å². The monoisotopic (exact) mass is 244 g/mol. The highest BCUT2D eigenvalue weighted by Gasteiger charge is 1.93. The molecule has 1 N–H and O–H groups in total. The molecule has 13 heavy (non-hydrogen) atoms. The molecule has 0 atom stereocenters. The lowest BCUT2D eigenvalue weighted by Crippen LogP contribution is -2.19. The second-order valence-electron chi connectivity index (χ2n) is 2.64. The smallest absolute Gasteiger partial charge is 0.0587 e. The minimum atomic E-state index is 0.733. The lowest BCUT2D eigenvalue weighted by molar-refractivity contribution is 0.199. The van der Waals surface area contributed by atoms with Gasteiger partial charge in [0.2, 0.25) is 0 Å². The van der Waals surface area contributed by atoms with Crippen LogP contribution < -0.4 is 5.32 Å². The summed E-state index contributed by atoms with van der Waals surface area (Å²) in [5.74, 6) is 0. The number of ether oxygens (including phenoxy) is 1. The maximum absolute atomic E-state index is 4.91. The van der Waals surface area contributed by atoms with Gasteiger partial charge in [-0.2, -0.15) is 0 Å². The van der Waals surface area contributed by atoms with Gasteiger partial charge in [-0.15, -0.1) is 0 Å². The van der Waals surface area contributed by atoms with Crippen LogP contribution in [0.3, 0.4) is 0 Å². The number of nitrogens with one attached hydrogen (secondary N) is 1. The van der Waals surface area contributed by atoms with Gasteiger partial charge >= 0.3 is 0 Å². The van der Waals surface area contributed by atoms with Crippen LogP contribution >= 0.6 is 15.9 Å². The lowest BCUT2D eigenvalue weighted by atomic mass is 10.3. The molecule has 0 aliphatic rings. The summed E-state index contributed by atoms with van der Waals surface area (Å²) in [7, 11) is 1.69. The van der Waals surface area contributed by atoms with E-state index in [1.165, 1.54) is 0 Å². The number of pyridine rings is 1. The topological polar surface area (TPSA) is 34.1 Å². The van der Waals surface area contributed by atoms with Gasteiger partial charge in [-0.25, -0.2) is 0 Å². The predicted molar refractivity (Wildman–Crippen MR) is 55.5 cm³/mol. The third-order valence-corrected chi connectivity index (χ3v) is 2.05. The summed E-state index contributed by atoms with van der Waals surface area (Å²) >= 11 is 3.34. The first kappa shape index (κ1) is 10.6. The van der Waals surface area contributed by atoms with Crippen molar-refractivity contribution in [1.29, 1.82) is 0 Å². The van der Waals surface area contributed by atoms with E-state index in [0.29, 0.717) is 0 Å². The fourth-order valence-electron chi connectivity index (χ4n) is 0.902. The Bertz CT molecular complexity index is 238. The molecule has 1 heterocycles. The van der Waals surface area contributed by atoms with Gasteiger partial charge in [-0.3, -0.25) is 4.98 Å². The molecule has 0 fully saturated rings. The maximum atomic E-state index is 4.91. The van der Waals surface area contributed by atoms with Crippen molar-refractivity contribution in [3.63, 3.8) is 0 Å². The van der Waals surface area contributed by atoms with Crippen LogP contribution in [0.1, 0.15) is 5.69 Å². The van der Waals surface area contributed by atoms with Crippen LogP contribution in [0.4, 0.5) is 0 Å². The Hall–Kier alpha value is -0.450. The number of nitrogens with zero attached hydrogens (tertiary/aromatic N) is 1. The van der Waals surface area contributed by atoms with Crippen molar-refractivity contribution in [1.82, 2.24) is 10.3 Å². The summed E-state index contributed by atoms with van der Waals surface area (Å²) < 4.78 is 5.92. The molecule has 0 saturated carbocycles. The number of methoxy groups -OCH3 is 1. The zero-order valence-electron chi connectivity index (χ0n) is 7.59. The quantitative estimate of drug-likeness (QED) is 0.800. The van der Waals surface area contributed by atoms with Crippen LogP contribution in [-0.4, -0.2) is 25.2 Å². The summed E-state index contributed by atoms with van der Waals surface area (Å²) in [4.78, 5) is 4.23. The van der Waals surface area contributed by atoms with Crippen molar-refractivity contribution in [3.05, 3.63) is 28.5 Å². The van der Waals surface area contributed by atoms with Gasteiger partial charge in [0.25, 0.3) is 0 Å². The summed E-state index contributed by atoms with van der Waals surface area (Å²) in [6.07, 6.45) is 1.80. The van der Waals surface area contributed by atoms with Crippen molar-refractivity contribution in [3.8, 4) is 0 Å². The van der Waals surface area contributed by atoms with Crippen molar-refractivity contribution in [2.75, 3.05) is 20.3 Å². The Morgan fingerprint density at radius 2 is 2.38 bits per heavy atom. The Morgan fingerprint density at radius 1 is 1.54 bits per heavy atom. The average Bonchev–Trinajstić information content (AvgIpc) is 2.15. The van der Waals surface area contributed by atoms with Crippen LogP contribution in [0.15, 0.2) is 22.8 Å². The van der Waals surface area contributed by atoms with E-state index in [4.69, 9.17) is 4.74 Å². The number of rotatable bonds is 5. The number of hydrogen-bond donors (Lipinski definition) is 1. The average molecular weight is 245 g/mol. The van der Waals surface area contributed by atoms with Crippen LogP contribution in [0.25, 0.3) is 0 Å². The first-order chi connectivity index (χ1) is 6.33. The van der Waals surface area contributed by atoms with Gasteiger partial charge in [0.1, 0.15) is 0 Å². The van der Waals surface area contributed by atoms with Crippen LogP contribution in [0, 0.1) is 0 Å². The Morgan fingerprint density at radius 3 is 3.00 bits per heavy atom. The minimum absolute atomic E-state index is 0.733. The second-order valence-corrected chi connectivity index (χ2v) is 3.55. The fraction of sp³-hybridized carbons (Fsp3) is 0.444. The third-order valence-electron chi connectivity index (χ3n) is 1.58. The zero-order valence-corrected chi connectivity index (χ0v) is 9.17. The third kappa shape index (κ3) is 4.36. The Balaban J connectivity index is 2.25. The lowest BCUT2D eigenvalue weighted by Gasteiger charge is -2.02. The van der Waals surface area contributed by atoms with Gasteiger partial charge < -0.3 is 10.1 Å². The van der Waals surface area contributed by atoms with Crippen LogP contribution in [0.2, 0.25) is 0 Å². The maximum Gasteiger partial charge on any atom is 0.0587 e. The van der Waals surface area contributed by atoms with E-state index >= 15 is 0 Å². The molecule has 72 valence electrons. The van der Waals surface area contributed by atoms with Crippen molar-refractivity contribution in [2.24, 2.45) is 0 Å². The van der Waals surface area contributed by atoms with Gasteiger partial charge in [0.15, 0.2) is 0 Å². The van der Waals surface area contributed by atoms with Gasteiger partial charge in [0, 0.05) is 30.9 Å². The van der Waals surface area contributed by atoms with Gasteiger partial charge in [-0.1, -0.05) is 0 Å². The number of aromatic nitrogens is 1. The van der Waals surface area contributed by atoms with E-state index in [9.17, 15) is 0 Å². The zero-order chi connectivity index (χ0) is 9.52. The molecule has 0 unspecified atom stereocenters. The molecule has 1 aromatic rings. The van der Waals surface area contributed by atoms with Crippen molar-refractivity contribution >= 4 is 15.9 Å². The molecule has 4 heteroatoms. The number of hydrogen-bond acceptors (Lipinski definition) is 3. The number of halogens is 1. The minimum Gasteiger partial charge on any atom is -0.383 e. The van der Waals surface area contributed by atoms with E-state index in [-0.39, 0.29) is 0 Å². The molecule has 0 radical (unpaired) electrons. The molecule has 0 amide bonds. The summed E-state index contributed by atoms with van der Waals surface area (Å²) in [5, 5.41) is 3.22. The van der Waals surface area contributed by atoms with E-state index in [2.05, 4.69) is 26.2 Å². The largest absolute Gasteiger partial charge is 0.383 e. The highest BCUT2D eigenvalue weighted by Crippen LogP contribution is 2.06. The molecule has 1 rings (SSSR count). The molecule has 3 nitrogen and oxygen atoms in total. The van der Waals surface area contributed by atoms with E-state index in [1.807, 2.05) is 12.1 Å². The second kappa shape index (κ2) is 6.07. The van der Waals surface area contributed by atoms with E-state index in [0.717, 1.165) is 29.9 Å². The van der Waals surface area contributed by atoms with Crippen LogP contribution in [-0.2, 0) is 11.3 Å². The first-order valence-corrected chi connectivity index (χ1v) is 4.92. The molecule has 0 saturated heterocycles. The van der Waals surface area contributed by atoms with E-state index in [1.54, 1.807) is 13.3 Å². The van der Waals surface area contributed by atoms with Gasteiger partial charge in [0.05, 0.1) is 12.3 Å². The fourth-order valence-corrected chi connectivity index (χ4v) is 1.14. The standard InChI is InChI=1S/C9H13BrN2O/c1-13-5-4-11-7-9-3-2-8(10)6-12-9/h2-3,6,11H,4-5,7H2,1H3. The summed E-state index contributed by atoms with van der Waals surface area (Å²) in [6, 6.07) is 3.98. The highest BCUT2D eigenvalue weighted by molar-refractivity contribution is 9.10. The van der Waals surface area contributed by atoms with Gasteiger partial charge in [-0.05, 0) is 28.1 Å². The SMILES string of the molecule is COCCNCc1ccc(Br)cn1. The first-order valence-electron chi connectivity index (χ1n) is 4.13. The van der Waals surface area contributed by atoms with Crippen LogP contribution in [0.5, 0.6) is 0 Å².